The van der Waals surface area contributed by atoms with Crippen LogP contribution in [0.1, 0.15) is 33.6 Å². The van der Waals surface area contributed by atoms with Crippen molar-refractivity contribution in [2.45, 2.75) is 39.2 Å². The summed E-state index contributed by atoms with van der Waals surface area (Å²) in [6, 6.07) is 9.61. The fourth-order valence-electron chi connectivity index (χ4n) is 3.01. The van der Waals surface area contributed by atoms with Crippen LogP contribution in [0.15, 0.2) is 30.3 Å². The number of aliphatic hydroxyl groups is 1. The Bertz CT molecular complexity index is 527. The molecule has 1 aliphatic heterocycles. The number of hydrogen-bond acceptors (Lipinski definition) is 4. The van der Waals surface area contributed by atoms with Crippen LogP contribution < -0.4 is 10.1 Å². The van der Waals surface area contributed by atoms with Gasteiger partial charge < -0.3 is 20.1 Å². The molecule has 1 aromatic rings. The van der Waals surface area contributed by atoms with Gasteiger partial charge in [-0.15, -0.1) is 0 Å². The molecule has 24 heavy (non-hydrogen) atoms. The van der Waals surface area contributed by atoms with Crippen molar-refractivity contribution in [1.29, 1.82) is 0 Å². The lowest BCUT2D eigenvalue weighted by molar-refractivity contribution is -0.158. The average Bonchev–Trinajstić information content (AvgIpc) is 2.52. The molecular weight excluding hydrogens is 304 g/mol. The zero-order chi connectivity index (χ0) is 17.6. The zero-order valence-corrected chi connectivity index (χ0v) is 15.0. The number of carbonyl (C=O) groups excluding carboxylic acids is 1. The summed E-state index contributed by atoms with van der Waals surface area (Å²) in [6.07, 6.45) is 1.35. The van der Waals surface area contributed by atoms with Crippen molar-refractivity contribution in [2.75, 3.05) is 32.8 Å². The molecule has 134 valence electrons. The molecule has 1 heterocycles. The third-order valence-electron chi connectivity index (χ3n) is 4.08. The van der Waals surface area contributed by atoms with E-state index in [0.29, 0.717) is 26.1 Å². The smallest absolute Gasteiger partial charge is 0.255 e. The van der Waals surface area contributed by atoms with Gasteiger partial charge in [0, 0.05) is 26.2 Å². The van der Waals surface area contributed by atoms with Gasteiger partial charge in [-0.05, 0) is 30.4 Å². The Kier molecular flexibility index (Phi) is 6.24. The van der Waals surface area contributed by atoms with E-state index in [2.05, 4.69) is 26.1 Å². The first kappa shape index (κ1) is 18.7. The molecule has 0 spiro atoms. The number of nitrogens with one attached hydrogen (secondary N) is 1. The number of ether oxygens (including phenoxy) is 1. The molecule has 5 heteroatoms. The van der Waals surface area contributed by atoms with Gasteiger partial charge in [0.1, 0.15) is 12.4 Å². The Labute approximate surface area is 145 Å². The van der Waals surface area contributed by atoms with Crippen LogP contribution in [0.2, 0.25) is 0 Å². The topological polar surface area (TPSA) is 61.8 Å². The fourth-order valence-corrected chi connectivity index (χ4v) is 3.01. The number of amides is 1. The van der Waals surface area contributed by atoms with Gasteiger partial charge >= 0.3 is 0 Å². The Hall–Kier alpha value is -1.59. The summed E-state index contributed by atoms with van der Waals surface area (Å²) in [7, 11) is 0. The number of benzene rings is 1. The van der Waals surface area contributed by atoms with Crippen molar-refractivity contribution in [2.24, 2.45) is 5.41 Å². The van der Waals surface area contributed by atoms with Crippen LogP contribution in [0.5, 0.6) is 5.75 Å². The van der Waals surface area contributed by atoms with E-state index < -0.39 is 5.60 Å². The minimum Gasteiger partial charge on any atom is -0.492 e. The van der Waals surface area contributed by atoms with Gasteiger partial charge in [0.2, 0.25) is 0 Å². The lowest BCUT2D eigenvalue weighted by Gasteiger charge is -2.41. The van der Waals surface area contributed by atoms with Gasteiger partial charge in [0.25, 0.3) is 5.91 Å². The molecule has 0 saturated carbocycles. The molecule has 1 amide bonds. The van der Waals surface area contributed by atoms with Crippen molar-refractivity contribution >= 4 is 5.91 Å². The van der Waals surface area contributed by atoms with Gasteiger partial charge in [-0.1, -0.05) is 39.0 Å². The predicted molar refractivity (Wildman–Crippen MR) is 95.0 cm³/mol. The Morgan fingerprint density at radius 2 is 2.00 bits per heavy atom. The molecule has 2 rings (SSSR count). The van der Waals surface area contributed by atoms with Crippen molar-refractivity contribution in [3.63, 3.8) is 0 Å². The van der Waals surface area contributed by atoms with Gasteiger partial charge in [-0.3, -0.25) is 4.79 Å². The first-order valence-electron chi connectivity index (χ1n) is 8.71. The SMILES string of the molecule is CC(C)(C)CN1CCC[C@@](O)(CNCCOc2ccccc2)C1=O. The third kappa shape index (κ3) is 5.49. The Morgan fingerprint density at radius 3 is 2.67 bits per heavy atom. The minimum absolute atomic E-state index is 0.0326. The number of likely N-dealkylation sites (tertiary alicyclic amines) is 1. The summed E-state index contributed by atoms with van der Waals surface area (Å²) in [5.41, 5.74) is -1.26. The molecule has 0 aromatic heterocycles. The summed E-state index contributed by atoms with van der Waals surface area (Å²) in [4.78, 5) is 14.4. The van der Waals surface area contributed by atoms with Crippen LogP contribution in [0.25, 0.3) is 0 Å². The molecule has 2 N–H and O–H groups in total. The van der Waals surface area contributed by atoms with Gasteiger partial charge in [0.15, 0.2) is 5.60 Å². The maximum absolute atomic E-state index is 12.6. The molecule has 0 aliphatic carbocycles. The quantitative estimate of drug-likeness (QED) is 0.749. The second kappa shape index (κ2) is 7.99. The lowest BCUT2D eigenvalue weighted by atomic mass is 9.88. The highest BCUT2D eigenvalue weighted by molar-refractivity contribution is 5.86. The maximum atomic E-state index is 12.6. The normalized spacial score (nSPS) is 21.8. The van der Waals surface area contributed by atoms with Crippen molar-refractivity contribution in [3.8, 4) is 5.75 Å². The van der Waals surface area contributed by atoms with Crippen LogP contribution in [0.4, 0.5) is 0 Å². The van der Waals surface area contributed by atoms with E-state index in [9.17, 15) is 9.90 Å². The van der Waals surface area contributed by atoms with Gasteiger partial charge in [0.05, 0.1) is 0 Å². The van der Waals surface area contributed by atoms with E-state index in [1.165, 1.54) is 0 Å². The number of para-hydroxylation sites is 1. The lowest BCUT2D eigenvalue weighted by Crippen LogP contribution is -2.59. The van der Waals surface area contributed by atoms with Crippen LogP contribution in [-0.4, -0.2) is 54.3 Å². The van der Waals surface area contributed by atoms with Gasteiger partial charge in [-0.2, -0.15) is 0 Å². The second-order valence-electron chi connectivity index (χ2n) is 7.76. The van der Waals surface area contributed by atoms with E-state index in [-0.39, 0.29) is 17.9 Å². The first-order valence-corrected chi connectivity index (χ1v) is 8.71. The number of nitrogens with zero attached hydrogens (tertiary/aromatic N) is 1. The summed E-state index contributed by atoms with van der Waals surface area (Å²) in [5.74, 6) is 0.670. The monoisotopic (exact) mass is 334 g/mol. The van der Waals surface area contributed by atoms with Crippen LogP contribution in [-0.2, 0) is 4.79 Å². The second-order valence-corrected chi connectivity index (χ2v) is 7.76. The third-order valence-corrected chi connectivity index (χ3v) is 4.08. The molecule has 1 aliphatic rings. The highest BCUT2D eigenvalue weighted by Gasteiger charge is 2.42. The summed E-state index contributed by atoms with van der Waals surface area (Å²) < 4.78 is 5.60. The molecule has 1 atom stereocenters. The van der Waals surface area contributed by atoms with Crippen molar-refractivity contribution in [1.82, 2.24) is 10.2 Å². The maximum Gasteiger partial charge on any atom is 0.255 e. The van der Waals surface area contributed by atoms with E-state index in [1.54, 1.807) is 4.90 Å². The average molecular weight is 334 g/mol. The van der Waals surface area contributed by atoms with Gasteiger partial charge in [-0.25, -0.2) is 0 Å². The molecule has 0 radical (unpaired) electrons. The summed E-state index contributed by atoms with van der Waals surface area (Å²) in [5, 5.41) is 13.9. The number of rotatable bonds is 7. The number of hydrogen-bond donors (Lipinski definition) is 2. The van der Waals surface area contributed by atoms with E-state index in [4.69, 9.17) is 4.74 Å². The fraction of sp³-hybridized carbons (Fsp3) is 0.632. The van der Waals surface area contributed by atoms with Crippen molar-refractivity contribution in [3.05, 3.63) is 30.3 Å². The standard InChI is InChI=1S/C19H30N2O3/c1-18(2,3)15-21-12-7-10-19(23,17(21)22)14-20-11-13-24-16-8-5-4-6-9-16/h4-6,8-9,20,23H,7,10-15H2,1-3H3/t19-/m1/s1. The molecule has 1 saturated heterocycles. The molecular formula is C19H30N2O3. The van der Waals surface area contributed by atoms with Crippen LogP contribution >= 0.6 is 0 Å². The Morgan fingerprint density at radius 1 is 1.29 bits per heavy atom. The number of piperidine rings is 1. The molecule has 0 unspecified atom stereocenters. The zero-order valence-electron chi connectivity index (χ0n) is 15.0. The molecule has 1 fully saturated rings. The summed E-state index contributed by atoms with van der Waals surface area (Å²) in [6.45, 7) is 9.07. The largest absolute Gasteiger partial charge is 0.492 e. The van der Waals surface area contributed by atoms with Crippen LogP contribution in [0, 0.1) is 5.41 Å². The molecule has 5 nitrogen and oxygen atoms in total. The predicted octanol–water partition coefficient (Wildman–Crippen LogP) is 2.05. The number of carbonyl (C=O) groups is 1. The van der Waals surface area contributed by atoms with E-state index in [1.807, 2.05) is 30.3 Å². The van der Waals surface area contributed by atoms with Crippen LogP contribution in [0.3, 0.4) is 0 Å². The highest BCUT2D eigenvalue weighted by Crippen LogP contribution is 2.25. The van der Waals surface area contributed by atoms with E-state index >= 15 is 0 Å². The highest BCUT2D eigenvalue weighted by atomic mass is 16.5. The van der Waals surface area contributed by atoms with Crippen molar-refractivity contribution < 1.29 is 14.6 Å². The molecule has 1 aromatic carbocycles. The summed E-state index contributed by atoms with van der Waals surface area (Å²) >= 11 is 0. The van der Waals surface area contributed by atoms with E-state index in [0.717, 1.165) is 18.7 Å². The minimum atomic E-state index is -1.30. The Balaban J connectivity index is 1.76. The molecule has 0 bridgehead atoms. The first-order chi connectivity index (χ1) is 11.3.